The fourth-order valence-electron chi connectivity index (χ4n) is 2.35. The van der Waals surface area contributed by atoms with E-state index in [0.29, 0.717) is 12.0 Å². The van der Waals surface area contributed by atoms with E-state index in [1.165, 1.54) is 16.8 Å². The molecule has 2 rings (SSSR count). The molecule has 0 bridgehead atoms. The van der Waals surface area contributed by atoms with Crippen molar-refractivity contribution in [3.05, 3.63) is 42.1 Å². The third-order valence-electron chi connectivity index (χ3n) is 3.58. The summed E-state index contributed by atoms with van der Waals surface area (Å²) in [4.78, 5) is 0. The average molecular weight is 285 g/mol. The van der Waals surface area contributed by atoms with Crippen molar-refractivity contribution >= 4 is 0 Å². The van der Waals surface area contributed by atoms with Crippen LogP contribution in [-0.4, -0.2) is 15.8 Å². The van der Waals surface area contributed by atoms with Crippen molar-refractivity contribution < 1.29 is 0 Å². The molecule has 21 heavy (non-hydrogen) atoms. The molecule has 0 saturated heterocycles. The van der Waals surface area contributed by atoms with Gasteiger partial charge in [0.25, 0.3) is 0 Å². The number of nitrogens with one attached hydrogen (secondary N) is 1. The minimum Gasteiger partial charge on any atom is -0.310 e. The maximum absolute atomic E-state index is 4.62. The van der Waals surface area contributed by atoms with Crippen LogP contribution in [-0.2, 0) is 13.1 Å². The van der Waals surface area contributed by atoms with Crippen molar-refractivity contribution in [3.8, 4) is 11.3 Å². The Morgan fingerprint density at radius 1 is 1.10 bits per heavy atom. The zero-order chi connectivity index (χ0) is 15.2. The normalized spacial score (nSPS) is 11.5. The summed E-state index contributed by atoms with van der Waals surface area (Å²) >= 11 is 0. The highest BCUT2D eigenvalue weighted by Gasteiger charge is 2.13. The standard InChI is InChI=1S/C18H27N3/c1-14(2)10-11-21-18(16-8-6-5-7-9-16)17(13-20-21)12-19-15(3)4/h5-9,13-15,19H,10-12H2,1-4H3. The summed E-state index contributed by atoms with van der Waals surface area (Å²) in [5.41, 5.74) is 3.78. The average Bonchev–Trinajstić information content (AvgIpc) is 2.86. The van der Waals surface area contributed by atoms with Crippen molar-refractivity contribution in [1.82, 2.24) is 15.1 Å². The molecule has 1 heterocycles. The fraction of sp³-hybridized carbons (Fsp3) is 0.500. The van der Waals surface area contributed by atoms with E-state index < -0.39 is 0 Å². The fourth-order valence-corrected chi connectivity index (χ4v) is 2.35. The number of nitrogens with zero attached hydrogens (tertiary/aromatic N) is 2. The molecule has 0 unspecified atom stereocenters. The van der Waals surface area contributed by atoms with Crippen LogP contribution in [0.1, 0.15) is 39.7 Å². The Bertz CT molecular complexity index is 511. The Kier molecular flexibility index (Phi) is 5.57. The van der Waals surface area contributed by atoms with Crippen LogP contribution in [0.25, 0.3) is 11.3 Å². The maximum atomic E-state index is 4.62. The number of aryl methyl sites for hydroxylation is 1. The zero-order valence-corrected chi connectivity index (χ0v) is 13.6. The lowest BCUT2D eigenvalue weighted by molar-refractivity contribution is 0.490. The lowest BCUT2D eigenvalue weighted by Gasteiger charge is -2.13. The minimum absolute atomic E-state index is 0.479. The topological polar surface area (TPSA) is 29.9 Å². The molecular weight excluding hydrogens is 258 g/mol. The van der Waals surface area contributed by atoms with Crippen LogP contribution >= 0.6 is 0 Å². The second-order valence-electron chi connectivity index (χ2n) is 6.33. The van der Waals surface area contributed by atoms with Gasteiger partial charge in [-0.25, -0.2) is 0 Å². The summed E-state index contributed by atoms with van der Waals surface area (Å²) in [5, 5.41) is 8.12. The molecule has 0 atom stereocenters. The van der Waals surface area contributed by atoms with Gasteiger partial charge in [-0.1, -0.05) is 58.0 Å². The van der Waals surface area contributed by atoms with Crippen molar-refractivity contribution in [3.63, 3.8) is 0 Å². The van der Waals surface area contributed by atoms with Crippen LogP contribution in [0.3, 0.4) is 0 Å². The molecule has 0 aliphatic rings. The van der Waals surface area contributed by atoms with Gasteiger partial charge < -0.3 is 5.32 Å². The van der Waals surface area contributed by atoms with Crippen LogP contribution in [0.4, 0.5) is 0 Å². The largest absolute Gasteiger partial charge is 0.310 e. The lowest BCUT2D eigenvalue weighted by Crippen LogP contribution is -2.22. The third-order valence-corrected chi connectivity index (χ3v) is 3.58. The molecule has 1 aromatic heterocycles. The molecule has 0 aliphatic carbocycles. The van der Waals surface area contributed by atoms with Gasteiger partial charge in [-0.05, 0) is 12.3 Å². The number of aromatic nitrogens is 2. The van der Waals surface area contributed by atoms with E-state index in [-0.39, 0.29) is 0 Å². The van der Waals surface area contributed by atoms with E-state index in [1.807, 2.05) is 6.20 Å². The predicted molar refractivity (Wildman–Crippen MR) is 89.1 cm³/mol. The first kappa shape index (κ1) is 15.8. The maximum Gasteiger partial charge on any atom is 0.0727 e. The second-order valence-corrected chi connectivity index (χ2v) is 6.33. The van der Waals surface area contributed by atoms with Crippen molar-refractivity contribution in [2.24, 2.45) is 5.92 Å². The van der Waals surface area contributed by atoms with Gasteiger partial charge in [0.15, 0.2) is 0 Å². The minimum atomic E-state index is 0.479. The Morgan fingerprint density at radius 2 is 1.81 bits per heavy atom. The van der Waals surface area contributed by atoms with Gasteiger partial charge in [0, 0.05) is 30.3 Å². The first-order valence-electron chi connectivity index (χ1n) is 7.91. The van der Waals surface area contributed by atoms with Crippen molar-refractivity contribution in [2.75, 3.05) is 0 Å². The SMILES string of the molecule is CC(C)CCn1ncc(CNC(C)C)c1-c1ccccc1. The van der Waals surface area contributed by atoms with Gasteiger partial charge in [0.1, 0.15) is 0 Å². The van der Waals surface area contributed by atoms with Crippen LogP contribution < -0.4 is 5.32 Å². The molecule has 0 spiro atoms. The summed E-state index contributed by atoms with van der Waals surface area (Å²) in [5.74, 6) is 0.690. The number of hydrogen-bond donors (Lipinski definition) is 1. The molecule has 1 N–H and O–H groups in total. The summed E-state index contributed by atoms with van der Waals surface area (Å²) in [6, 6.07) is 11.1. The first-order valence-corrected chi connectivity index (χ1v) is 7.91. The number of hydrogen-bond acceptors (Lipinski definition) is 2. The summed E-state index contributed by atoms with van der Waals surface area (Å²) in [6.45, 7) is 10.7. The summed E-state index contributed by atoms with van der Waals surface area (Å²) in [7, 11) is 0. The number of rotatable bonds is 7. The van der Waals surface area contributed by atoms with Gasteiger partial charge in [-0.15, -0.1) is 0 Å². The van der Waals surface area contributed by atoms with E-state index in [9.17, 15) is 0 Å². The van der Waals surface area contributed by atoms with Gasteiger partial charge >= 0.3 is 0 Å². The second kappa shape index (κ2) is 7.41. The van der Waals surface area contributed by atoms with Crippen LogP contribution in [0, 0.1) is 5.92 Å². The molecule has 3 heteroatoms. The van der Waals surface area contributed by atoms with E-state index >= 15 is 0 Å². The van der Waals surface area contributed by atoms with E-state index in [4.69, 9.17) is 0 Å². The van der Waals surface area contributed by atoms with Gasteiger partial charge in [0.05, 0.1) is 11.9 Å². The third kappa shape index (κ3) is 4.43. The Hall–Kier alpha value is -1.61. The Labute approximate surface area is 128 Å². The molecule has 0 aliphatic heterocycles. The molecule has 0 amide bonds. The van der Waals surface area contributed by atoms with Crippen molar-refractivity contribution in [1.29, 1.82) is 0 Å². The van der Waals surface area contributed by atoms with Crippen LogP contribution in [0.5, 0.6) is 0 Å². The molecule has 3 nitrogen and oxygen atoms in total. The summed E-state index contributed by atoms with van der Waals surface area (Å²) < 4.78 is 2.16. The first-order chi connectivity index (χ1) is 10.1. The predicted octanol–water partition coefficient (Wildman–Crippen LogP) is 4.09. The van der Waals surface area contributed by atoms with Gasteiger partial charge in [-0.2, -0.15) is 5.10 Å². The highest BCUT2D eigenvalue weighted by atomic mass is 15.3. The monoisotopic (exact) mass is 285 g/mol. The Balaban J connectivity index is 2.29. The van der Waals surface area contributed by atoms with Gasteiger partial charge in [-0.3, -0.25) is 4.68 Å². The molecule has 2 aromatic rings. The molecule has 114 valence electrons. The van der Waals surface area contributed by atoms with Crippen LogP contribution in [0.15, 0.2) is 36.5 Å². The summed E-state index contributed by atoms with van der Waals surface area (Å²) in [6.07, 6.45) is 3.16. The molecular formula is C18H27N3. The van der Waals surface area contributed by atoms with Crippen molar-refractivity contribution in [2.45, 2.75) is 53.2 Å². The zero-order valence-electron chi connectivity index (χ0n) is 13.6. The molecule has 1 aromatic carbocycles. The highest BCUT2D eigenvalue weighted by molar-refractivity contribution is 5.63. The van der Waals surface area contributed by atoms with E-state index in [1.54, 1.807) is 0 Å². The van der Waals surface area contributed by atoms with E-state index in [2.05, 4.69) is 73.1 Å². The quantitative estimate of drug-likeness (QED) is 0.830. The lowest BCUT2D eigenvalue weighted by atomic mass is 10.1. The van der Waals surface area contributed by atoms with Gasteiger partial charge in [0.2, 0.25) is 0 Å². The molecule has 0 saturated carbocycles. The molecule has 0 fully saturated rings. The number of benzene rings is 1. The van der Waals surface area contributed by atoms with E-state index in [0.717, 1.165) is 19.5 Å². The highest BCUT2D eigenvalue weighted by Crippen LogP contribution is 2.24. The molecule has 0 radical (unpaired) electrons. The Morgan fingerprint density at radius 3 is 2.43 bits per heavy atom. The van der Waals surface area contributed by atoms with Crippen LogP contribution in [0.2, 0.25) is 0 Å². The smallest absolute Gasteiger partial charge is 0.0727 e.